The van der Waals surface area contributed by atoms with Crippen molar-refractivity contribution in [3.8, 4) is 0 Å². The summed E-state index contributed by atoms with van der Waals surface area (Å²) in [6.07, 6.45) is 5.67. The third kappa shape index (κ3) is 14.9. The first kappa shape index (κ1) is 18.2. The molecule has 6 heteroatoms. The topological polar surface area (TPSA) is 66.4 Å². The molecule has 0 aromatic carbocycles. The van der Waals surface area contributed by atoms with Gasteiger partial charge in [0, 0.05) is 0 Å². The summed E-state index contributed by atoms with van der Waals surface area (Å²) >= 11 is 0. The maximum atomic E-state index is 10.2. The van der Waals surface area contributed by atoms with E-state index in [0.29, 0.717) is 6.42 Å². The molecule has 0 spiro atoms. The van der Waals surface area contributed by atoms with Gasteiger partial charge in [-0.15, -0.1) is 0 Å². The molecule has 0 saturated carbocycles. The molecule has 0 heterocycles. The first-order valence-electron chi connectivity index (χ1n) is 5.10. The Kier molecular flexibility index (Phi) is 12.2. The second kappa shape index (κ2) is 10.1. The van der Waals surface area contributed by atoms with Crippen LogP contribution >= 0.6 is 0 Å². The molecule has 15 heavy (non-hydrogen) atoms. The average Bonchev–Trinajstić information content (AvgIpc) is 2.00. The van der Waals surface area contributed by atoms with E-state index < -0.39 is 16.5 Å². The van der Waals surface area contributed by atoms with Gasteiger partial charge in [-0.1, -0.05) is 39.0 Å². The van der Waals surface area contributed by atoms with Crippen LogP contribution in [0.25, 0.3) is 0 Å². The van der Waals surface area contributed by atoms with Crippen LogP contribution in [0.2, 0.25) is 0 Å². The van der Waals surface area contributed by atoms with Crippen molar-refractivity contribution in [2.24, 2.45) is 0 Å². The van der Waals surface area contributed by atoms with Crippen molar-refractivity contribution in [1.82, 2.24) is 0 Å². The summed E-state index contributed by atoms with van der Waals surface area (Å²) in [5.74, 6) is 0. The van der Waals surface area contributed by atoms with Gasteiger partial charge in [-0.2, -0.15) is 0 Å². The van der Waals surface area contributed by atoms with Gasteiger partial charge in [0.25, 0.3) is 0 Å². The Bertz CT molecular complexity index is 228. The first-order valence-corrected chi connectivity index (χ1v) is 6.43. The summed E-state index contributed by atoms with van der Waals surface area (Å²) in [6.45, 7) is 3.74. The largest absolute Gasteiger partial charge is 1.00 e. The standard InChI is InChI=1S/C9H20O4S.Na/c1-3-4-5-6-7-8-9(2)13-14(10,11)12;/h9H,3-8H2,1-2H3,(H,10,11,12);/q;+1/p-1/t9-;/m1./s1. The maximum Gasteiger partial charge on any atom is 1.00 e. The number of rotatable bonds is 8. The van der Waals surface area contributed by atoms with E-state index in [4.69, 9.17) is 0 Å². The van der Waals surface area contributed by atoms with Crippen LogP contribution < -0.4 is 29.6 Å². The van der Waals surface area contributed by atoms with Gasteiger partial charge in [-0.25, -0.2) is 8.42 Å². The Morgan fingerprint density at radius 3 is 2.20 bits per heavy atom. The third-order valence-corrected chi connectivity index (χ3v) is 2.56. The second-order valence-electron chi connectivity index (χ2n) is 3.52. The van der Waals surface area contributed by atoms with E-state index in [2.05, 4.69) is 11.1 Å². The Morgan fingerprint density at radius 1 is 1.20 bits per heavy atom. The Balaban J connectivity index is 0. The predicted octanol–water partition coefficient (Wildman–Crippen LogP) is -0.784. The van der Waals surface area contributed by atoms with Crippen LogP contribution in [0.4, 0.5) is 0 Å². The zero-order chi connectivity index (χ0) is 11.0. The molecule has 0 radical (unpaired) electrons. The van der Waals surface area contributed by atoms with E-state index in [1.165, 1.54) is 12.8 Å². The van der Waals surface area contributed by atoms with Crippen LogP contribution in [0.15, 0.2) is 0 Å². The van der Waals surface area contributed by atoms with Crippen molar-refractivity contribution in [1.29, 1.82) is 0 Å². The molecule has 0 bridgehead atoms. The fourth-order valence-corrected chi connectivity index (χ4v) is 1.78. The summed E-state index contributed by atoms with van der Waals surface area (Å²) in [5, 5.41) is 0. The van der Waals surface area contributed by atoms with Crippen molar-refractivity contribution in [2.45, 2.75) is 58.5 Å². The van der Waals surface area contributed by atoms with Gasteiger partial charge in [0.2, 0.25) is 10.4 Å². The minimum atomic E-state index is -4.52. The number of unbranched alkanes of at least 4 members (excludes halogenated alkanes) is 4. The van der Waals surface area contributed by atoms with Crippen molar-refractivity contribution in [3.63, 3.8) is 0 Å². The van der Waals surface area contributed by atoms with E-state index in [9.17, 15) is 13.0 Å². The zero-order valence-electron chi connectivity index (χ0n) is 9.86. The van der Waals surface area contributed by atoms with Crippen molar-refractivity contribution in [2.75, 3.05) is 0 Å². The maximum absolute atomic E-state index is 10.2. The van der Waals surface area contributed by atoms with E-state index in [0.717, 1.165) is 19.3 Å². The number of hydrogen-bond acceptors (Lipinski definition) is 4. The average molecular weight is 246 g/mol. The SMILES string of the molecule is CCCCCCC[C@@H](C)OS(=O)(=O)[O-].[Na+]. The summed E-state index contributed by atoms with van der Waals surface area (Å²) < 4.78 is 34.9. The fraction of sp³-hybridized carbons (Fsp3) is 1.00. The molecule has 0 aliphatic carbocycles. The van der Waals surface area contributed by atoms with E-state index >= 15 is 0 Å². The Morgan fingerprint density at radius 2 is 1.73 bits per heavy atom. The molecule has 4 nitrogen and oxygen atoms in total. The summed E-state index contributed by atoms with van der Waals surface area (Å²) in [7, 11) is -4.52. The second-order valence-corrected chi connectivity index (χ2v) is 4.53. The molecule has 0 aliphatic rings. The smallest absolute Gasteiger partial charge is 0.726 e. The van der Waals surface area contributed by atoms with Crippen molar-refractivity contribution >= 4 is 10.4 Å². The molecule has 0 unspecified atom stereocenters. The monoisotopic (exact) mass is 246 g/mol. The normalized spacial score (nSPS) is 13.3. The quantitative estimate of drug-likeness (QED) is 0.244. The van der Waals surface area contributed by atoms with Gasteiger partial charge in [0.15, 0.2) is 0 Å². The minimum Gasteiger partial charge on any atom is -0.726 e. The molecular weight excluding hydrogens is 227 g/mol. The summed E-state index contributed by atoms with van der Waals surface area (Å²) in [5.41, 5.74) is 0. The number of hydrogen-bond donors (Lipinski definition) is 0. The molecular formula is C9H19NaO4S. The van der Waals surface area contributed by atoms with Crippen molar-refractivity contribution in [3.05, 3.63) is 0 Å². The first-order chi connectivity index (χ1) is 6.45. The van der Waals surface area contributed by atoms with Crippen LogP contribution in [0.5, 0.6) is 0 Å². The van der Waals surface area contributed by atoms with Gasteiger partial charge in [-0.05, 0) is 13.3 Å². The van der Waals surface area contributed by atoms with Crippen LogP contribution in [0.1, 0.15) is 52.4 Å². The van der Waals surface area contributed by atoms with Gasteiger partial charge >= 0.3 is 29.6 Å². The van der Waals surface area contributed by atoms with Crippen LogP contribution in [0.3, 0.4) is 0 Å². The third-order valence-electron chi connectivity index (χ3n) is 2.00. The summed E-state index contributed by atoms with van der Waals surface area (Å²) in [4.78, 5) is 0. The minimum absolute atomic E-state index is 0. The van der Waals surface area contributed by atoms with Crippen LogP contribution in [-0.4, -0.2) is 19.1 Å². The van der Waals surface area contributed by atoms with E-state index in [-0.39, 0.29) is 29.6 Å². The fourth-order valence-electron chi connectivity index (χ4n) is 1.28. The van der Waals surface area contributed by atoms with E-state index in [1.54, 1.807) is 6.92 Å². The molecule has 0 aliphatic heterocycles. The molecule has 0 aromatic heterocycles. The van der Waals surface area contributed by atoms with E-state index in [1.807, 2.05) is 0 Å². The zero-order valence-corrected chi connectivity index (χ0v) is 12.7. The van der Waals surface area contributed by atoms with Gasteiger partial charge in [-0.3, -0.25) is 4.18 Å². The van der Waals surface area contributed by atoms with Gasteiger partial charge in [0.05, 0.1) is 6.10 Å². The molecule has 86 valence electrons. The molecule has 0 rings (SSSR count). The molecule has 0 amide bonds. The van der Waals surface area contributed by atoms with Gasteiger partial charge in [0.1, 0.15) is 0 Å². The molecule has 0 aromatic rings. The van der Waals surface area contributed by atoms with Gasteiger partial charge < -0.3 is 4.55 Å². The Labute approximate surface area is 115 Å². The molecule has 0 N–H and O–H groups in total. The van der Waals surface area contributed by atoms with Crippen molar-refractivity contribution < 1.29 is 46.7 Å². The predicted molar refractivity (Wildman–Crippen MR) is 53.6 cm³/mol. The summed E-state index contributed by atoms with van der Waals surface area (Å²) in [6, 6.07) is 0. The Hall–Kier alpha value is 0.870. The molecule has 0 fully saturated rings. The van der Waals surface area contributed by atoms with Crippen LogP contribution in [0, 0.1) is 0 Å². The van der Waals surface area contributed by atoms with Crippen LogP contribution in [-0.2, 0) is 14.6 Å². The molecule has 1 atom stereocenters. The molecule has 0 saturated heterocycles.